The maximum Gasteiger partial charge on any atom is 0.142 e. The van der Waals surface area contributed by atoms with Gasteiger partial charge in [-0.25, -0.2) is 0 Å². The van der Waals surface area contributed by atoms with Gasteiger partial charge in [0.2, 0.25) is 0 Å². The predicted molar refractivity (Wildman–Crippen MR) is 110 cm³/mol. The molecule has 1 saturated carbocycles. The van der Waals surface area contributed by atoms with Crippen molar-refractivity contribution in [2.24, 2.45) is 11.3 Å². The molecule has 0 aromatic heterocycles. The van der Waals surface area contributed by atoms with Crippen LogP contribution in [0.4, 0.5) is 0 Å². The average Bonchev–Trinajstić information content (AvgIpc) is 2.84. The van der Waals surface area contributed by atoms with Crippen LogP contribution in [0.3, 0.4) is 0 Å². The van der Waals surface area contributed by atoms with E-state index in [1.54, 1.807) is 0 Å². The van der Waals surface area contributed by atoms with Gasteiger partial charge in [0, 0.05) is 11.3 Å². The summed E-state index contributed by atoms with van der Waals surface area (Å²) in [5, 5.41) is 0. The number of ketones is 1. The van der Waals surface area contributed by atoms with Gasteiger partial charge in [0.05, 0.1) is 0 Å². The first kappa shape index (κ1) is 18.9. The Morgan fingerprint density at radius 3 is 2.19 bits per heavy atom. The molecule has 0 aliphatic heterocycles. The molecule has 0 heterocycles. The molecule has 0 radical (unpaired) electrons. The smallest absolute Gasteiger partial charge is 0.142 e. The summed E-state index contributed by atoms with van der Waals surface area (Å²) in [6, 6.07) is 17.7. The van der Waals surface area contributed by atoms with Crippen molar-refractivity contribution in [3.8, 4) is 0 Å². The van der Waals surface area contributed by atoms with E-state index in [2.05, 4.69) is 83.1 Å². The van der Waals surface area contributed by atoms with Crippen LogP contribution in [0.2, 0.25) is 0 Å². The van der Waals surface area contributed by atoms with Crippen molar-refractivity contribution < 1.29 is 4.79 Å². The van der Waals surface area contributed by atoms with Crippen molar-refractivity contribution in [1.29, 1.82) is 0 Å². The molecule has 0 saturated heterocycles. The van der Waals surface area contributed by atoms with Crippen molar-refractivity contribution in [2.45, 2.75) is 65.7 Å². The second kappa shape index (κ2) is 7.39. The van der Waals surface area contributed by atoms with Crippen LogP contribution in [0.5, 0.6) is 0 Å². The third-order valence-corrected chi connectivity index (χ3v) is 6.12. The molecule has 1 nitrogen and oxygen atoms in total. The number of aryl methyl sites for hydroxylation is 2. The molecule has 26 heavy (non-hydrogen) atoms. The summed E-state index contributed by atoms with van der Waals surface area (Å²) < 4.78 is 0. The van der Waals surface area contributed by atoms with Gasteiger partial charge >= 0.3 is 0 Å². The lowest BCUT2D eigenvalue weighted by Gasteiger charge is -2.19. The number of rotatable bonds is 5. The Hall–Kier alpha value is -1.89. The zero-order valence-corrected chi connectivity index (χ0v) is 16.9. The summed E-state index contributed by atoms with van der Waals surface area (Å²) in [5.41, 5.74) is 5.12. The van der Waals surface area contributed by atoms with Gasteiger partial charge in [-0.05, 0) is 54.7 Å². The molecule has 2 unspecified atom stereocenters. The molecular weight excluding hydrogens is 316 g/mol. The van der Waals surface area contributed by atoms with E-state index in [0.717, 1.165) is 19.3 Å². The summed E-state index contributed by atoms with van der Waals surface area (Å²) >= 11 is 0. The molecule has 2 aromatic carbocycles. The topological polar surface area (TPSA) is 17.1 Å². The number of hydrogen-bond acceptors (Lipinski definition) is 1. The summed E-state index contributed by atoms with van der Waals surface area (Å²) in [4.78, 5) is 13.1. The predicted octanol–water partition coefficient (Wildman–Crippen LogP) is 6.45. The molecule has 1 aliphatic carbocycles. The first-order valence-electron chi connectivity index (χ1n) is 9.97. The molecule has 2 atom stereocenters. The Morgan fingerprint density at radius 1 is 1.00 bits per heavy atom. The monoisotopic (exact) mass is 348 g/mol. The minimum atomic E-state index is -0.209. The summed E-state index contributed by atoms with van der Waals surface area (Å²) in [7, 11) is 0. The van der Waals surface area contributed by atoms with Crippen molar-refractivity contribution in [3.05, 3.63) is 70.8 Å². The zero-order valence-electron chi connectivity index (χ0n) is 16.9. The largest absolute Gasteiger partial charge is 0.299 e. The Labute approximate surface area is 158 Å². The van der Waals surface area contributed by atoms with Crippen molar-refractivity contribution >= 4 is 5.78 Å². The van der Waals surface area contributed by atoms with Crippen LogP contribution in [0.25, 0.3) is 0 Å². The second-order valence-electron chi connectivity index (χ2n) is 9.01. The third kappa shape index (κ3) is 3.92. The minimum absolute atomic E-state index is 0.135. The molecule has 3 rings (SSSR count). The Balaban J connectivity index is 1.80. The molecular formula is C25H32O. The standard InChI is InChI=1S/C25H32O/c1-17(2)20-11-13-21(14-12-20)23-16-25(4,5)24(26)22(23)15-10-19-8-6-18(3)7-9-19/h6-9,11-14,17,22-23H,10,15-16H2,1-5H3. The van der Waals surface area contributed by atoms with Gasteiger partial charge in [-0.3, -0.25) is 4.79 Å². The highest BCUT2D eigenvalue weighted by molar-refractivity contribution is 5.89. The maximum absolute atomic E-state index is 13.1. The van der Waals surface area contributed by atoms with E-state index in [-0.39, 0.29) is 11.3 Å². The minimum Gasteiger partial charge on any atom is -0.299 e. The van der Waals surface area contributed by atoms with Gasteiger partial charge in [0.25, 0.3) is 0 Å². The van der Waals surface area contributed by atoms with Gasteiger partial charge in [-0.1, -0.05) is 81.8 Å². The van der Waals surface area contributed by atoms with E-state index in [1.165, 1.54) is 22.3 Å². The molecule has 1 heteroatoms. The molecule has 2 aromatic rings. The van der Waals surface area contributed by atoms with Gasteiger partial charge < -0.3 is 0 Å². The molecule has 138 valence electrons. The lowest BCUT2D eigenvalue weighted by molar-refractivity contribution is -0.127. The number of Topliss-reactive ketones (excluding diaryl/α,β-unsaturated/α-hetero) is 1. The van der Waals surface area contributed by atoms with Gasteiger partial charge in [-0.2, -0.15) is 0 Å². The Bertz CT molecular complexity index is 750. The summed E-state index contributed by atoms with van der Waals surface area (Å²) in [5.74, 6) is 1.48. The second-order valence-corrected chi connectivity index (χ2v) is 9.01. The number of carbonyl (C=O) groups excluding carboxylic acids is 1. The van der Waals surface area contributed by atoms with Crippen LogP contribution < -0.4 is 0 Å². The quantitative estimate of drug-likeness (QED) is 0.607. The molecule has 0 amide bonds. The maximum atomic E-state index is 13.1. The highest BCUT2D eigenvalue weighted by atomic mass is 16.1. The lowest BCUT2D eigenvalue weighted by atomic mass is 9.84. The van der Waals surface area contributed by atoms with Crippen molar-refractivity contribution in [2.75, 3.05) is 0 Å². The SMILES string of the molecule is Cc1ccc(CCC2C(=O)C(C)(C)CC2c2ccc(C(C)C)cc2)cc1. The van der Waals surface area contributed by atoms with Crippen molar-refractivity contribution in [1.82, 2.24) is 0 Å². The van der Waals surface area contributed by atoms with Gasteiger partial charge in [0.1, 0.15) is 5.78 Å². The first-order chi connectivity index (χ1) is 12.3. The average molecular weight is 349 g/mol. The Morgan fingerprint density at radius 2 is 1.62 bits per heavy atom. The molecule has 1 fully saturated rings. The van der Waals surface area contributed by atoms with Gasteiger partial charge in [0.15, 0.2) is 0 Å². The fourth-order valence-electron chi connectivity index (χ4n) is 4.36. The normalized spacial score (nSPS) is 22.2. The van der Waals surface area contributed by atoms with Crippen molar-refractivity contribution in [3.63, 3.8) is 0 Å². The van der Waals surface area contributed by atoms with Crippen LogP contribution >= 0.6 is 0 Å². The Kier molecular flexibility index (Phi) is 5.37. The van der Waals surface area contributed by atoms with Crippen LogP contribution in [0, 0.1) is 18.3 Å². The fraction of sp³-hybridized carbons (Fsp3) is 0.480. The number of benzene rings is 2. The highest BCUT2D eigenvalue weighted by Gasteiger charge is 2.47. The van der Waals surface area contributed by atoms with Crippen LogP contribution in [-0.2, 0) is 11.2 Å². The fourth-order valence-corrected chi connectivity index (χ4v) is 4.36. The number of carbonyl (C=O) groups is 1. The van der Waals surface area contributed by atoms with E-state index in [0.29, 0.717) is 17.6 Å². The van der Waals surface area contributed by atoms with E-state index in [4.69, 9.17) is 0 Å². The summed E-state index contributed by atoms with van der Waals surface area (Å²) in [6.45, 7) is 10.8. The lowest BCUT2D eigenvalue weighted by Crippen LogP contribution is -2.22. The van der Waals surface area contributed by atoms with Crippen LogP contribution in [0.15, 0.2) is 48.5 Å². The zero-order chi connectivity index (χ0) is 18.9. The summed E-state index contributed by atoms with van der Waals surface area (Å²) in [6.07, 6.45) is 2.89. The number of hydrogen-bond donors (Lipinski definition) is 0. The van der Waals surface area contributed by atoms with E-state index in [1.807, 2.05) is 0 Å². The molecule has 0 spiro atoms. The first-order valence-corrected chi connectivity index (χ1v) is 9.97. The van der Waals surface area contributed by atoms with E-state index in [9.17, 15) is 4.79 Å². The van der Waals surface area contributed by atoms with E-state index >= 15 is 0 Å². The van der Waals surface area contributed by atoms with Gasteiger partial charge in [-0.15, -0.1) is 0 Å². The highest BCUT2D eigenvalue weighted by Crippen LogP contribution is 2.49. The molecule has 1 aliphatic rings. The van der Waals surface area contributed by atoms with Crippen LogP contribution in [-0.4, -0.2) is 5.78 Å². The van der Waals surface area contributed by atoms with E-state index < -0.39 is 0 Å². The van der Waals surface area contributed by atoms with Crippen LogP contribution in [0.1, 0.15) is 74.6 Å². The molecule has 0 bridgehead atoms. The third-order valence-electron chi connectivity index (χ3n) is 6.12. The molecule has 0 N–H and O–H groups in total.